The van der Waals surface area contributed by atoms with Crippen LogP contribution in [-0.2, 0) is 19.4 Å². The van der Waals surface area contributed by atoms with Crippen LogP contribution >= 0.6 is 0 Å². The van der Waals surface area contributed by atoms with Crippen molar-refractivity contribution < 1.29 is 17.9 Å². The highest BCUT2D eigenvalue weighted by molar-refractivity contribution is 7.91. The largest absolute Gasteiger partial charge is 0.468 e. The van der Waals surface area contributed by atoms with E-state index >= 15 is 0 Å². The summed E-state index contributed by atoms with van der Waals surface area (Å²) < 4.78 is 28.2. The molecule has 124 valence electrons. The Morgan fingerprint density at radius 1 is 1.38 bits per heavy atom. The molecular formula is C14H28N2O4S. The molecule has 1 saturated heterocycles. The van der Waals surface area contributed by atoms with Crippen LogP contribution in [0.4, 0.5) is 0 Å². The molecule has 0 spiro atoms. The van der Waals surface area contributed by atoms with Crippen molar-refractivity contribution in [3.05, 3.63) is 0 Å². The minimum absolute atomic E-state index is 0.112. The molecule has 0 aromatic heterocycles. The molecule has 0 aliphatic carbocycles. The van der Waals surface area contributed by atoms with Gasteiger partial charge in [-0.25, -0.2) is 8.42 Å². The molecule has 2 atom stereocenters. The second-order valence-corrected chi connectivity index (χ2v) is 8.25. The molecule has 21 heavy (non-hydrogen) atoms. The molecule has 1 aliphatic rings. The lowest BCUT2D eigenvalue weighted by Crippen LogP contribution is -2.54. The number of hydrogen-bond donors (Lipinski definition) is 1. The number of nitrogens with one attached hydrogen (secondary N) is 1. The first-order valence-corrected chi connectivity index (χ1v) is 9.34. The van der Waals surface area contributed by atoms with Crippen LogP contribution < -0.4 is 5.32 Å². The minimum atomic E-state index is -2.91. The third-order valence-electron chi connectivity index (χ3n) is 4.12. The third kappa shape index (κ3) is 5.23. The maximum absolute atomic E-state index is 12.0. The third-order valence-corrected chi connectivity index (χ3v) is 5.84. The molecule has 1 N–H and O–H groups in total. The van der Waals surface area contributed by atoms with E-state index in [1.165, 1.54) is 7.11 Å². The second kappa shape index (κ2) is 7.56. The lowest BCUT2D eigenvalue weighted by Gasteiger charge is -2.35. The van der Waals surface area contributed by atoms with E-state index in [2.05, 4.69) is 10.2 Å². The van der Waals surface area contributed by atoms with Crippen LogP contribution in [0.5, 0.6) is 0 Å². The number of esters is 1. The second-order valence-electron chi connectivity index (χ2n) is 5.95. The Balaban J connectivity index is 2.73. The van der Waals surface area contributed by atoms with E-state index in [1.54, 1.807) is 0 Å². The monoisotopic (exact) mass is 320 g/mol. The maximum Gasteiger partial charge on any atom is 0.325 e. The zero-order valence-electron chi connectivity index (χ0n) is 13.5. The minimum Gasteiger partial charge on any atom is -0.468 e. The zero-order chi connectivity index (χ0) is 16.1. The van der Waals surface area contributed by atoms with Gasteiger partial charge in [0.25, 0.3) is 0 Å². The average molecular weight is 320 g/mol. The molecule has 2 unspecified atom stereocenters. The van der Waals surface area contributed by atoms with Crippen LogP contribution in [0, 0.1) is 0 Å². The first-order valence-electron chi connectivity index (χ1n) is 7.52. The van der Waals surface area contributed by atoms with Crippen molar-refractivity contribution in [1.82, 2.24) is 10.2 Å². The number of carbonyl (C=O) groups is 1. The van der Waals surface area contributed by atoms with E-state index in [0.717, 1.165) is 6.54 Å². The molecule has 1 fully saturated rings. The number of nitrogens with zero attached hydrogens (tertiary/aromatic N) is 1. The summed E-state index contributed by atoms with van der Waals surface area (Å²) in [6.07, 6.45) is 1.25. The summed E-state index contributed by atoms with van der Waals surface area (Å²) in [6, 6.07) is 0.112. The Morgan fingerprint density at radius 3 is 2.62 bits per heavy atom. The topological polar surface area (TPSA) is 75.7 Å². The van der Waals surface area contributed by atoms with Gasteiger partial charge in [-0.05, 0) is 39.8 Å². The van der Waals surface area contributed by atoms with Crippen molar-refractivity contribution in [2.75, 3.05) is 38.2 Å². The Morgan fingerprint density at radius 2 is 2.05 bits per heavy atom. The summed E-state index contributed by atoms with van der Waals surface area (Å²) in [5, 5.41) is 3.19. The van der Waals surface area contributed by atoms with E-state index in [0.29, 0.717) is 25.9 Å². The molecule has 6 nitrogen and oxygen atoms in total. The van der Waals surface area contributed by atoms with E-state index in [4.69, 9.17) is 4.74 Å². The fourth-order valence-electron chi connectivity index (χ4n) is 2.96. The van der Waals surface area contributed by atoms with Crippen LogP contribution in [0.2, 0.25) is 0 Å². The normalized spacial score (nSPS) is 23.8. The average Bonchev–Trinajstić information content (AvgIpc) is 2.58. The van der Waals surface area contributed by atoms with Gasteiger partial charge in [0, 0.05) is 12.6 Å². The van der Waals surface area contributed by atoms with Gasteiger partial charge in [-0.1, -0.05) is 6.92 Å². The first kappa shape index (κ1) is 18.4. The smallest absolute Gasteiger partial charge is 0.325 e. The van der Waals surface area contributed by atoms with Gasteiger partial charge >= 0.3 is 5.97 Å². The lowest BCUT2D eigenvalue weighted by atomic mass is 9.92. The van der Waals surface area contributed by atoms with Gasteiger partial charge < -0.3 is 10.1 Å². The number of carbonyl (C=O) groups excluding carboxylic acids is 1. The van der Waals surface area contributed by atoms with Gasteiger partial charge in [0.15, 0.2) is 9.84 Å². The summed E-state index contributed by atoms with van der Waals surface area (Å²) >= 11 is 0. The number of hydrogen-bond acceptors (Lipinski definition) is 6. The molecular weight excluding hydrogens is 292 g/mol. The molecule has 0 radical (unpaired) electrons. The predicted octanol–water partition coefficient (Wildman–Crippen LogP) is 0.427. The predicted molar refractivity (Wildman–Crippen MR) is 83.0 cm³/mol. The van der Waals surface area contributed by atoms with Gasteiger partial charge in [-0.3, -0.25) is 9.69 Å². The van der Waals surface area contributed by atoms with Crippen LogP contribution in [0.1, 0.15) is 33.6 Å². The summed E-state index contributed by atoms with van der Waals surface area (Å²) in [5.74, 6) is 0.184. The molecule has 0 aromatic carbocycles. The quantitative estimate of drug-likeness (QED) is 0.715. The molecule has 0 saturated carbocycles. The van der Waals surface area contributed by atoms with Gasteiger partial charge in [0.05, 0.1) is 18.6 Å². The Hall–Kier alpha value is -0.660. The fraction of sp³-hybridized carbons (Fsp3) is 0.929. The summed E-state index contributed by atoms with van der Waals surface area (Å²) in [5.41, 5.74) is -0.742. The number of ether oxygens (including phenoxy) is 1. The molecule has 1 aliphatic heterocycles. The number of methoxy groups -OCH3 is 1. The van der Waals surface area contributed by atoms with Crippen molar-refractivity contribution in [2.45, 2.75) is 45.2 Å². The highest BCUT2D eigenvalue weighted by Gasteiger charge is 2.36. The van der Waals surface area contributed by atoms with E-state index < -0.39 is 15.4 Å². The van der Waals surface area contributed by atoms with E-state index in [1.807, 2.05) is 20.8 Å². The van der Waals surface area contributed by atoms with Crippen molar-refractivity contribution >= 4 is 15.8 Å². The highest BCUT2D eigenvalue weighted by Crippen LogP contribution is 2.19. The van der Waals surface area contributed by atoms with Crippen LogP contribution in [0.3, 0.4) is 0 Å². The Bertz CT molecular complexity index is 452. The molecule has 0 bridgehead atoms. The number of likely N-dealkylation sites (N-methyl/N-ethyl adjacent to an activating group) is 1. The van der Waals surface area contributed by atoms with Gasteiger partial charge in [-0.2, -0.15) is 0 Å². The summed E-state index contributed by atoms with van der Waals surface area (Å²) in [6.45, 7) is 7.79. The van der Waals surface area contributed by atoms with Crippen molar-refractivity contribution in [2.24, 2.45) is 0 Å². The van der Waals surface area contributed by atoms with Crippen molar-refractivity contribution in [3.63, 3.8) is 0 Å². The number of sulfone groups is 1. The van der Waals surface area contributed by atoms with Crippen molar-refractivity contribution in [1.29, 1.82) is 0 Å². The van der Waals surface area contributed by atoms with Gasteiger partial charge in [-0.15, -0.1) is 0 Å². The SMILES string of the molecule is CCNC(C)(CC(C)N1CCCS(=O)(=O)CC1)C(=O)OC. The van der Waals surface area contributed by atoms with Crippen molar-refractivity contribution in [3.8, 4) is 0 Å². The fourth-order valence-corrected chi connectivity index (χ4v) is 4.25. The molecule has 1 rings (SSSR count). The van der Waals surface area contributed by atoms with Gasteiger partial charge in [0.1, 0.15) is 5.54 Å². The standard InChI is InChI=1S/C14H28N2O4S/c1-5-15-14(3,13(17)20-4)11-12(2)16-7-6-9-21(18,19)10-8-16/h12,15H,5-11H2,1-4H3. The van der Waals surface area contributed by atoms with E-state index in [-0.39, 0.29) is 23.5 Å². The first-order chi connectivity index (χ1) is 9.74. The molecule has 1 heterocycles. The zero-order valence-corrected chi connectivity index (χ0v) is 14.3. The Kier molecular flexibility index (Phi) is 6.62. The lowest BCUT2D eigenvalue weighted by molar-refractivity contribution is -0.148. The van der Waals surface area contributed by atoms with Crippen LogP contribution in [0.15, 0.2) is 0 Å². The maximum atomic E-state index is 12.0. The van der Waals surface area contributed by atoms with Crippen LogP contribution in [0.25, 0.3) is 0 Å². The molecule has 0 aromatic rings. The summed E-state index contributed by atoms with van der Waals surface area (Å²) in [7, 11) is -1.52. The van der Waals surface area contributed by atoms with Gasteiger partial charge in [0.2, 0.25) is 0 Å². The van der Waals surface area contributed by atoms with E-state index in [9.17, 15) is 13.2 Å². The Labute approximate surface area is 128 Å². The molecule has 0 amide bonds. The van der Waals surface area contributed by atoms with Crippen LogP contribution in [-0.4, -0.2) is 69.1 Å². The summed E-state index contributed by atoms with van der Waals surface area (Å²) in [4.78, 5) is 14.2. The number of rotatable bonds is 6. The molecule has 7 heteroatoms. The highest BCUT2D eigenvalue weighted by atomic mass is 32.2.